The Labute approximate surface area is 95.3 Å². The summed E-state index contributed by atoms with van der Waals surface area (Å²) in [5.74, 6) is 0.857. The molecule has 0 aromatic carbocycles. The van der Waals surface area contributed by atoms with Gasteiger partial charge in [-0.2, -0.15) is 0 Å². The van der Waals surface area contributed by atoms with Gasteiger partial charge in [0.1, 0.15) is 5.82 Å². The molecule has 2 aromatic heterocycles. The van der Waals surface area contributed by atoms with E-state index in [9.17, 15) is 4.79 Å². The maximum atomic E-state index is 11.7. The molecule has 4 nitrogen and oxygen atoms in total. The maximum absolute atomic E-state index is 11.7. The van der Waals surface area contributed by atoms with Gasteiger partial charge in [0, 0.05) is 25.6 Å². The van der Waals surface area contributed by atoms with Crippen LogP contribution in [-0.2, 0) is 13.6 Å². The van der Waals surface area contributed by atoms with Crippen LogP contribution in [0.4, 0.5) is 0 Å². The second-order valence-corrected chi connectivity index (χ2v) is 4.10. The van der Waals surface area contributed by atoms with Crippen molar-refractivity contribution in [2.24, 2.45) is 7.05 Å². The first kappa shape index (κ1) is 10.2. The fourth-order valence-corrected chi connectivity index (χ4v) is 1.71. The molecule has 0 saturated heterocycles. The highest BCUT2D eigenvalue weighted by Crippen LogP contribution is 2.02. The summed E-state index contributed by atoms with van der Waals surface area (Å²) in [6.07, 6.45) is 5.33. The van der Waals surface area contributed by atoms with Crippen LogP contribution in [0.5, 0.6) is 0 Å². The van der Waals surface area contributed by atoms with Gasteiger partial charge in [0.05, 0.1) is 11.0 Å². The van der Waals surface area contributed by atoms with E-state index in [2.05, 4.69) is 20.9 Å². The number of hydrogen-bond acceptors (Lipinski definition) is 2. The van der Waals surface area contributed by atoms with Gasteiger partial charge in [0.15, 0.2) is 0 Å². The van der Waals surface area contributed by atoms with Crippen LogP contribution in [0.3, 0.4) is 0 Å². The number of hydrogen-bond donors (Lipinski definition) is 0. The van der Waals surface area contributed by atoms with Gasteiger partial charge < -0.3 is 9.13 Å². The number of halogens is 1. The molecule has 2 aromatic rings. The lowest BCUT2D eigenvalue weighted by Crippen LogP contribution is -2.21. The highest BCUT2D eigenvalue weighted by molar-refractivity contribution is 9.10. The zero-order valence-electron chi connectivity index (χ0n) is 8.22. The van der Waals surface area contributed by atoms with Crippen LogP contribution >= 0.6 is 15.9 Å². The van der Waals surface area contributed by atoms with Gasteiger partial charge in [0.25, 0.3) is 5.56 Å². The standard InChI is InChI=1S/C10H10BrN3O/c1-13-6-4-12-9(13)7-14-5-2-3-8(11)10(14)15/h2-6H,7H2,1H3. The minimum absolute atomic E-state index is 0.0412. The predicted molar refractivity (Wildman–Crippen MR) is 60.7 cm³/mol. The second-order valence-electron chi connectivity index (χ2n) is 3.24. The monoisotopic (exact) mass is 267 g/mol. The molecule has 78 valence electrons. The summed E-state index contributed by atoms with van der Waals surface area (Å²) in [5, 5.41) is 0. The summed E-state index contributed by atoms with van der Waals surface area (Å²) in [4.78, 5) is 15.9. The molecule has 5 heteroatoms. The zero-order valence-corrected chi connectivity index (χ0v) is 9.81. The van der Waals surface area contributed by atoms with E-state index in [0.29, 0.717) is 11.0 Å². The largest absolute Gasteiger partial charge is 0.337 e. The summed E-state index contributed by atoms with van der Waals surface area (Å²) in [7, 11) is 1.91. The van der Waals surface area contributed by atoms with Crippen molar-refractivity contribution in [2.45, 2.75) is 6.54 Å². The molecule has 2 rings (SSSR count). The van der Waals surface area contributed by atoms with Crippen molar-refractivity contribution in [3.8, 4) is 0 Å². The van der Waals surface area contributed by atoms with Crippen LogP contribution < -0.4 is 5.56 Å². The molecule has 0 bridgehead atoms. The van der Waals surface area contributed by atoms with Crippen molar-refractivity contribution in [3.05, 3.63) is 51.4 Å². The van der Waals surface area contributed by atoms with Crippen molar-refractivity contribution in [3.63, 3.8) is 0 Å². The molecule has 0 radical (unpaired) electrons. The van der Waals surface area contributed by atoms with E-state index >= 15 is 0 Å². The van der Waals surface area contributed by atoms with Crippen LogP contribution in [0, 0.1) is 0 Å². The minimum atomic E-state index is -0.0412. The number of aromatic nitrogens is 3. The lowest BCUT2D eigenvalue weighted by atomic mass is 10.4. The fraction of sp³-hybridized carbons (Fsp3) is 0.200. The summed E-state index contributed by atoms with van der Waals surface area (Å²) < 4.78 is 4.08. The number of imidazole rings is 1. The second kappa shape index (κ2) is 4.02. The van der Waals surface area contributed by atoms with E-state index in [0.717, 1.165) is 5.82 Å². The van der Waals surface area contributed by atoms with Crippen LogP contribution in [0.2, 0.25) is 0 Å². The summed E-state index contributed by atoms with van der Waals surface area (Å²) >= 11 is 3.21. The molecule has 0 saturated carbocycles. The Balaban J connectivity index is 2.37. The molecule has 0 aliphatic heterocycles. The van der Waals surface area contributed by atoms with Crippen molar-refractivity contribution < 1.29 is 0 Å². The third-order valence-corrected chi connectivity index (χ3v) is 2.81. The highest BCUT2D eigenvalue weighted by atomic mass is 79.9. The topological polar surface area (TPSA) is 39.8 Å². The predicted octanol–water partition coefficient (Wildman–Crippen LogP) is 1.39. The Morgan fingerprint density at radius 2 is 2.27 bits per heavy atom. The molecule has 0 amide bonds. The molecule has 0 fully saturated rings. The molecule has 15 heavy (non-hydrogen) atoms. The van der Waals surface area contributed by atoms with E-state index in [1.54, 1.807) is 23.0 Å². The van der Waals surface area contributed by atoms with Crippen LogP contribution in [-0.4, -0.2) is 14.1 Å². The summed E-state index contributed by atoms with van der Waals surface area (Å²) in [6.45, 7) is 0.488. The third kappa shape index (κ3) is 2.02. The number of rotatable bonds is 2. The van der Waals surface area contributed by atoms with Gasteiger partial charge in [-0.1, -0.05) is 0 Å². The van der Waals surface area contributed by atoms with Crippen molar-refractivity contribution in [2.75, 3.05) is 0 Å². The molecule has 0 spiro atoms. The smallest absolute Gasteiger partial charge is 0.265 e. The number of pyridine rings is 1. The average Bonchev–Trinajstić information content (AvgIpc) is 2.60. The number of aryl methyl sites for hydroxylation is 1. The highest BCUT2D eigenvalue weighted by Gasteiger charge is 2.03. The zero-order chi connectivity index (χ0) is 10.8. The summed E-state index contributed by atoms with van der Waals surface area (Å²) in [5.41, 5.74) is -0.0412. The van der Waals surface area contributed by atoms with Gasteiger partial charge in [-0.05, 0) is 28.1 Å². The summed E-state index contributed by atoms with van der Waals surface area (Å²) in [6, 6.07) is 3.56. The van der Waals surface area contributed by atoms with E-state index in [1.807, 2.05) is 23.9 Å². The Morgan fingerprint density at radius 1 is 1.47 bits per heavy atom. The van der Waals surface area contributed by atoms with Gasteiger partial charge in [-0.3, -0.25) is 4.79 Å². The normalized spacial score (nSPS) is 10.5. The van der Waals surface area contributed by atoms with E-state index in [1.165, 1.54) is 0 Å². The Kier molecular flexibility index (Phi) is 2.73. The average molecular weight is 268 g/mol. The van der Waals surface area contributed by atoms with Crippen molar-refractivity contribution in [1.29, 1.82) is 0 Å². The molecule has 0 aliphatic rings. The Hall–Kier alpha value is -1.36. The first-order valence-electron chi connectivity index (χ1n) is 4.49. The molecular formula is C10H10BrN3O. The Morgan fingerprint density at radius 3 is 2.93 bits per heavy atom. The molecule has 0 N–H and O–H groups in total. The SMILES string of the molecule is Cn1ccnc1Cn1cccc(Br)c1=O. The van der Waals surface area contributed by atoms with Gasteiger partial charge in [0.2, 0.25) is 0 Å². The van der Waals surface area contributed by atoms with Crippen LogP contribution in [0.25, 0.3) is 0 Å². The van der Waals surface area contributed by atoms with Crippen LogP contribution in [0.15, 0.2) is 40.0 Å². The van der Waals surface area contributed by atoms with Crippen LogP contribution in [0.1, 0.15) is 5.82 Å². The lowest BCUT2D eigenvalue weighted by Gasteiger charge is -2.05. The van der Waals surface area contributed by atoms with Gasteiger partial charge >= 0.3 is 0 Å². The first-order valence-corrected chi connectivity index (χ1v) is 5.29. The quantitative estimate of drug-likeness (QED) is 0.825. The molecule has 0 unspecified atom stereocenters. The van der Waals surface area contributed by atoms with Crippen molar-refractivity contribution in [1.82, 2.24) is 14.1 Å². The first-order chi connectivity index (χ1) is 7.18. The van der Waals surface area contributed by atoms with Gasteiger partial charge in [-0.25, -0.2) is 4.98 Å². The third-order valence-electron chi connectivity index (χ3n) is 2.21. The molecular weight excluding hydrogens is 258 g/mol. The lowest BCUT2D eigenvalue weighted by molar-refractivity contribution is 0.676. The van der Waals surface area contributed by atoms with E-state index < -0.39 is 0 Å². The maximum Gasteiger partial charge on any atom is 0.265 e. The molecule has 0 aliphatic carbocycles. The minimum Gasteiger partial charge on any atom is -0.337 e. The van der Waals surface area contributed by atoms with Gasteiger partial charge in [-0.15, -0.1) is 0 Å². The van der Waals surface area contributed by atoms with Crippen molar-refractivity contribution >= 4 is 15.9 Å². The van der Waals surface area contributed by atoms with E-state index in [-0.39, 0.29) is 5.56 Å². The number of nitrogens with zero attached hydrogens (tertiary/aromatic N) is 3. The fourth-order valence-electron chi connectivity index (χ4n) is 1.33. The molecule has 0 atom stereocenters. The molecule has 2 heterocycles. The Bertz CT molecular complexity index is 529. The van der Waals surface area contributed by atoms with E-state index in [4.69, 9.17) is 0 Å².